The molecule has 0 fully saturated rings. The summed E-state index contributed by atoms with van der Waals surface area (Å²) < 4.78 is 0. The van der Waals surface area contributed by atoms with Crippen molar-refractivity contribution in [3.63, 3.8) is 0 Å². The van der Waals surface area contributed by atoms with Crippen LogP contribution in [0.2, 0.25) is 5.02 Å². The van der Waals surface area contributed by atoms with Crippen LogP contribution in [0, 0.1) is 0 Å². The van der Waals surface area contributed by atoms with Crippen molar-refractivity contribution in [3.8, 4) is 45.0 Å². The van der Waals surface area contributed by atoms with Crippen LogP contribution in [0.1, 0.15) is 0 Å². The summed E-state index contributed by atoms with van der Waals surface area (Å²) in [6, 6.07) is 43.3. The summed E-state index contributed by atoms with van der Waals surface area (Å²) in [6.07, 6.45) is 0. The van der Waals surface area contributed by atoms with Crippen LogP contribution in [0.4, 0.5) is 0 Å². The van der Waals surface area contributed by atoms with Gasteiger partial charge in [0.05, 0.1) is 11.4 Å². The average Bonchev–Trinajstić information content (AvgIpc) is 2.93. The standard InChI is InChI=1S/C32H21ClN2/c33-27-16-7-14-25(20-27)24-13-6-15-26(19-24)30-21-31(35-32(34-30)23-10-2-1-3-11-23)29-18-8-12-22-9-4-5-17-28(22)29/h1-21H. The molecule has 166 valence electrons. The molecule has 0 atom stereocenters. The van der Waals surface area contributed by atoms with Gasteiger partial charge in [-0.25, -0.2) is 9.97 Å². The van der Waals surface area contributed by atoms with E-state index in [1.807, 2.05) is 48.5 Å². The summed E-state index contributed by atoms with van der Waals surface area (Å²) in [5.41, 5.74) is 7.06. The lowest BCUT2D eigenvalue weighted by molar-refractivity contribution is 1.18. The number of rotatable bonds is 4. The number of benzene rings is 5. The van der Waals surface area contributed by atoms with Crippen LogP contribution in [0.15, 0.2) is 127 Å². The normalized spacial score (nSPS) is 11.0. The van der Waals surface area contributed by atoms with E-state index < -0.39 is 0 Å². The first-order valence-corrected chi connectivity index (χ1v) is 11.9. The number of aromatic nitrogens is 2. The fourth-order valence-corrected chi connectivity index (χ4v) is 4.61. The van der Waals surface area contributed by atoms with E-state index in [-0.39, 0.29) is 0 Å². The van der Waals surface area contributed by atoms with E-state index in [0.29, 0.717) is 5.82 Å². The molecule has 0 aliphatic heterocycles. The van der Waals surface area contributed by atoms with Gasteiger partial charge in [0.15, 0.2) is 5.82 Å². The van der Waals surface area contributed by atoms with Crippen molar-refractivity contribution in [1.29, 1.82) is 0 Å². The van der Waals surface area contributed by atoms with Gasteiger partial charge in [-0.05, 0) is 46.2 Å². The Morgan fingerprint density at radius 1 is 0.457 bits per heavy atom. The van der Waals surface area contributed by atoms with E-state index in [4.69, 9.17) is 21.6 Å². The monoisotopic (exact) mass is 468 g/mol. The second-order valence-electron chi connectivity index (χ2n) is 8.45. The predicted octanol–water partition coefficient (Wildman–Crippen LogP) is 8.95. The zero-order valence-corrected chi connectivity index (χ0v) is 19.7. The Labute approximate surface area is 209 Å². The van der Waals surface area contributed by atoms with Gasteiger partial charge in [0.1, 0.15) is 0 Å². The Morgan fingerprint density at radius 3 is 1.94 bits per heavy atom. The number of fused-ring (bicyclic) bond motifs is 1. The van der Waals surface area contributed by atoms with Crippen molar-refractivity contribution < 1.29 is 0 Å². The molecule has 0 amide bonds. The van der Waals surface area contributed by atoms with Gasteiger partial charge in [0, 0.05) is 21.7 Å². The predicted molar refractivity (Wildman–Crippen MR) is 146 cm³/mol. The molecule has 0 unspecified atom stereocenters. The zero-order valence-electron chi connectivity index (χ0n) is 18.9. The van der Waals surface area contributed by atoms with Crippen molar-refractivity contribution in [2.75, 3.05) is 0 Å². The van der Waals surface area contributed by atoms with Crippen molar-refractivity contribution in [2.24, 2.45) is 0 Å². The summed E-state index contributed by atoms with van der Waals surface area (Å²) in [5.74, 6) is 0.708. The van der Waals surface area contributed by atoms with Crippen LogP contribution >= 0.6 is 11.6 Å². The molecule has 0 spiro atoms. The minimum Gasteiger partial charge on any atom is -0.228 e. The maximum absolute atomic E-state index is 6.26. The first-order chi connectivity index (χ1) is 17.2. The molecule has 0 radical (unpaired) electrons. The molecule has 0 bridgehead atoms. The summed E-state index contributed by atoms with van der Waals surface area (Å²) >= 11 is 6.26. The van der Waals surface area contributed by atoms with Crippen molar-refractivity contribution in [1.82, 2.24) is 9.97 Å². The zero-order chi connectivity index (χ0) is 23.6. The minimum absolute atomic E-state index is 0.708. The van der Waals surface area contributed by atoms with E-state index >= 15 is 0 Å². The van der Waals surface area contributed by atoms with Gasteiger partial charge in [-0.2, -0.15) is 0 Å². The van der Waals surface area contributed by atoms with Crippen LogP contribution in [0.5, 0.6) is 0 Å². The molecule has 6 rings (SSSR count). The summed E-state index contributed by atoms with van der Waals surface area (Å²) in [6.45, 7) is 0. The smallest absolute Gasteiger partial charge is 0.160 e. The molecule has 1 heterocycles. The highest BCUT2D eigenvalue weighted by molar-refractivity contribution is 6.30. The molecular weight excluding hydrogens is 448 g/mol. The Kier molecular flexibility index (Phi) is 5.57. The van der Waals surface area contributed by atoms with Crippen LogP contribution < -0.4 is 0 Å². The fraction of sp³-hybridized carbons (Fsp3) is 0. The quantitative estimate of drug-likeness (QED) is 0.258. The van der Waals surface area contributed by atoms with E-state index in [1.165, 1.54) is 10.8 Å². The van der Waals surface area contributed by atoms with Gasteiger partial charge >= 0.3 is 0 Å². The number of hydrogen-bond acceptors (Lipinski definition) is 2. The van der Waals surface area contributed by atoms with Gasteiger partial charge in [-0.3, -0.25) is 0 Å². The van der Waals surface area contributed by atoms with Gasteiger partial charge in [-0.1, -0.05) is 115 Å². The second kappa shape index (κ2) is 9.17. The fourth-order valence-electron chi connectivity index (χ4n) is 4.42. The van der Waals surface area contributed by atoms with Gasteiger partial charge < -0.3 is 0 Å². The molecule has 0 saturated carbocycles. The maximum atomic E-state index is 6.26. The molecule has 2 nitrogen and oxygen atoms in total. The molecule has 1 aromatic heterocycles. The SMILES string of the molecule is Clc1cccc(-c2cccc(-c3cc(-c4cccc5ccccc45)nc(-c4ccccc4)n3)c2)c1. The lowest BCUT2D eigenvalue weighted by Gasteiger charge is -2.12. The summed E-state index contributed by atoms with van der Waals surface area (Å²) in [4.78, 5) is 10.0. The molecule has 6 aromatic rings. The third-order valence-electron chi connectivity index (χ3n) is 6.14. The molecule has 3 heteroatoms. The van der Waals surface area contributed by atoms with Crippen molar-refractivity contribution >= 4 is 22.4 Å². The van der Waals surface area contributed by atoms with Crippen molar-refractivity contribution in [3.05, 3.63) is 132 Å². The molecular formula is C32H21ClN2. The molecule has 0 N–H and O–H groups in total. The molecule has 5 aromatic carbocycles. The highest BCUT2D eigenvalue weighted by Crippen LogP contribution is 2.33. The van der Waals surface area contributed by atoms with Gasteiger partial charge in [0.2, 0.25) is 0 Å². The van der Waals surface area contributed by atoms with Gasteiger partial charge in [-0.15, -0.1) is 0 Å². The molecule has 0 aliphatic rings. The number of halogens is 1. The minimum atomic E-state index is 0.708. The second-order valence-corrected chi connectivity index (χ2v) is 8.88. The molecule has 0 aliphatic carbocycles. The summed E-state index contributed by atoms with van der Waals surface area (Å²) in [5, 5.41) is 3.08. The van der Waals surface area contributed by atoms with Crippen LogP contribution in [-0.4, -0.2) is 9.97 Å². The topological polar surface area (TPSA) is 25.8 Å². The lowest BCUT2D eigenvalue weighted by Crippen LogP contribution is -1.96. The Balaban J connectivity index is 1.56. The number of nitrogens with zero attached hydrogens (tertiary/aromatic N) is 2. The molecule has 0 saturated heterocycles. The first-order valence-electron chi connectivity index (χ1n) is 11.5. The summed E-state index contributed by atoms with van der Waals surface area (Å²) in [7, 11) is 0. The Morgan fingerprint density at radius 2 is 1.09 bits per heavy atom. The van der Waals surface area contributed by atoms with Gasteiger partial charge in [0.25, 0.3) is 0 Å². The van der Waals surface area contributed by atoms with E-state index in [0.717, 1.165) is 44.2 Å². The first kappa shape index (κ1) is 21.3. The lowest BCUT2D eigenvalue weighted by atomic mass is 9.99. The molecule has 35 heavy (non-hydrogen) atoms. The Bertz CT molecular complexity index is 1650. The highest BCUT2D eigenvalue weighted by atomic mass is 35.5. The van der Waals surface area contributed by atoms with E-state index in [2.05, 4.69) is 78.9 Å². The van der Waals surface area contributed by atoms with E-state index in [9.17, 15) is 0 Å². The van der Waals surface area contributed by atoms with Crippen LogP contribution in [-0.2, 0) is 0 Å². The maximum Gasteiger partial charge on any atom is 0.160 e. The van der Waals surface area contributed by atoms with Crippen molar-refractivity contribution in [2.45, 2.75) is 0 Å². The number of hydrogen-bond donors (Lipinski definition) is 0. The van der Waals surface area contributed by atoms with Crippen LogP contribution in [0.25, 0.3) is 55.8 Å². The average molecular weight is 469 g/mol. The van der Waals surface area contributed by atoms with Crippen LogP contribution in [0.3, 0.4) is 0 Å². The highest BCUT2D eigenvalue weighted by Gasteiger charge is 2.13. The third kappa shape index (κ3) is 4.32. The largest absolute Gasteiger partial charge is 0.228 e. The Hall–Kier alpha value is -4.27. The third-order valence-corrected chi connectivity index (χ3v) is 6.38. The van der Waals surface area contributed by atoms with E-state index in [1.54, 1.807) is 0 Å².